The molecule has 144 valence electrons. The van der Waals surface area contributed by atoms with Gasteiger partial charge >= 0.3 is 0 Å². The largest absolute Gasteiger partial charge is 0.379 e. The van der Waals surface area contributed by atoms with Crippen molar-refractivity contribution in [3.05, 3.63) is 59.4 Å². The van der Waals surface area contributed by atoms with Gasteiger partial charge in [-0.3, -0.25) is 4.79 Å². The second-order valence-electron chi connectivity index (χ2n) is 6.34. The van der Waals surface area contributed by atoms with E-state index in [9.17, 15) is 17.6 Å². The van der Waals surface area contributed by atoms with Crippen LogP contribution in [-0.4, -0.2) is 44.9 Å². The number of morpholine rings is 1. The van der Waals surface area contributed by atoms with Crippen LogP contribution in [0.4, 0.5) is 10.1 Å². The summed E-state index contributed by atoms with van der Waals surface area (Å²) in [5.74, 6) is -0.665. The summed E-state index contributed by atoms with van der Waals surface area (Å²) in [6, 6.07) is 10.4. The number of hydrogen-bond donors (Lipinski definition) is 1. The van der Waals surface area contributed by atoms with Gasteiger partial charge < -0.3 is 10.1 Å². The number of nitrogens with zero attached hydrogens (tertiary/aromatic N) is 1. The van der Waals surface area contributed by atoms with E-state index >= 15 is 0 Å². The maximum absolute atomic E-state index is 13.0. The minimum absolute atomic E-state index is 0.0696. The van der Waals surface area contributed by atoms with Crippen molar-refractivity contribution in [1.82, 2.24) is 4.31 Å². The summed E-state index contributed by atoms with van der Waals surface area (Å²) in [6.45, 7) is 3.14. The molecular formula is C19H21FN2O4S. The molecule has 1 heterocycles. The van der Waals surface area contributed by atoms with Crippen LogP contribution >= 0.6 is 0 Å². The van der Waals surface area contributed by atoms with Crippen LogP contribution in [0.2, 0.25) is 0 Å². The van der Waals surface area contributed by atoms with E-state index in [2.05, 4.69) is 5.32 Å². The van der Waals surface area contributed by atoms with Crippen molar-refractivity contribution in [2.45, 2.75) is 18.2 Å². The molecule has 8 heteroatoms. The molecule has 1 aliphatic heterocycles. The molecule has 0 saturated carbocycles. The molecule has 0 unspecified atom stereocenters. The number of carbonyl (C=O) groups excluding carboxylic acids is 1. The number of hydrogen-bond acceptors (Lipinski definition) is 4. The Morgan fingerprint density at radius 1 is 1.15 bits per heavy atom. The summed E-state index contributed by atoms with van der Waals surface area (Å²) in [6.07, 6.45) is 0.0696. The van der Waals surface area contributed by atoms with E-state index in [-0.39, 0.29) is 23.0 Å². The Morgan fingerprint density at radius 2 is 1.81 bits per heavy atom. The van der Waals surface area contributed by atoms with Gasteiger partial charge in [-0.05, 0) is 42.3 Å². The van der Waals surface area contributed by atoms with Crippen molar-refractivity contribution in [2.24, 2.45) is 0 Å². The highest BCUT2D eigenvalue weighted by Crippen LogP contribution is 2.24. The lowest BCUT2D eigenvalue weighted by Crippen LogP contribution is -2.40. The fraction of sp³-hybridized carbons (Fsp3) is 0.316. The molecule has 27 heavy (non-hydrogen) atoms. The molecule has 1 N–H and O–H groups in total. The minimum Gasteiger partial charge on any atom is -0.379 e. The molecule has 1 fully saturated rings. The maximum Gasteiger partial charge on any atom is 0.243 e. The molecule has 0 aliphatic carbocycles. The van der Waals surface area contributed by atoms with Crippen LogP contribution in [0.25, 0.3) is 0 Å². The van der Waals surface area contributed by atoms with Gasteiger partial charge in [0.05, 0.1) is 24.5 Å². The van der Waals surface area contributed by atoms with Gasteiger partial charge in [0.1, 0.15) is 5.82 Å². The fourth-order valence-corrected chi connectivity index (χ4v) is 4.25. The smallest absolute Gasteiger partial charge is 0.243 e. The Bertz CT molecular complexity index is 923. The van der Waals surface area contributed by atoms with E-state index in [1.165, 1.54) is 28.6 Å². The molecule has 1 saturated heterocycles. The Morgan fingerprint density at radius 3 is 2.48 bits per heavy atom. The zero-order valence-corrected chi connectivity index (χ0v) is 15.8. The molecule has 0 spiro atoms. The highest BCUT2D eigenvalue weighted by molar-refractivity contribution is 7.89. The Hall–Kier alpha value is -2.29. The van der Waals surface area contributed by atoms with Crippen LogP contribution in [0.3, 0.4) is 0 Å². The summed E-state index contributed by atoms with van der Waals surface area (Å²) in [7, 11) is -3.64. The van der Waals surface area contributed by atoms with Gasteiger partial charge in [0.15, 0.2) is 0 Å². The highest BCUT2D eigenvalue weighted by atomic mass is 32.2. The van der Waals surface area contributed by atoms with Crippen LogP contribution in [0.1, 0.15) is 11.1 Å². The molecule has 1 amide bonds. The molecule has 0 atom stereocenters. The van der Waals surface area contributed by atoms with Crippen LogP contribution in [0.5, 0.6) is 0 Å². The van der Waals surface area contributed by atoms with Crippen molar-refractivity contribution in [1.29, 1.82) is 0 Å². The van der Waals surface area contributed by atoms with E-state index < -0.39 is 10.0 Å². The maximum atomic E-state index is 13.0. The third-order valence-corrected chi connectivity index (χ3v) is 6.26. The number of halogens is 1. The van der Waals surface area contributed by atoms with Gasteiger partial charge in [-0.1, -0.05) is 18.2 Å². The third-order valence-electron chi connectivity index (χ3n) is 4.37. The molecule has 3 rings (SSSR count). The Balaban J connectivity index is 1.76. The van der Waals surface area contributed by atoms with Gasteiger partial charge in [0.25, 0.3) is 0 Å². The second-order valence-corrected chi connectivity index (χ2v) is 8.28. The van der Waals surface area contributed by atoms with Gasteiger partial charge in [0, 0.05) is 18.8 Å². The highest BCUT2D eigenvalue weighted by Gasteiger charge is 2.26. The summed E-state index contributed by atoms with van der Waals surface area (Å²) < 4.78 is 45.1. The van der Waals surface area contributed by atoms with Crippen molar-refractivity contribution in [3.8, 4) is 0 Å². The summed E-state index contributed by atoms with van der Waals surface area (Å²) in [4.78, 5) is 12.4. The minimum atomic E-state index is -3.64. The molecule has 0 radical (unpaired) electrons. The molecule has 0 bridgehead atoms. The lowest BCUT2D eigenvalue weighted by atomic mass is 10.1. The summed E-state index contributed by atoms with van der Waals surface area (Å²) >= 11 is 0. The monoisotopic (exact) mass is 392 g/mol. The summed E-state index contributed by atoms with van der Waals surface area (Å²) in [5.41, 5.74) is 1.86. The number of carbonyl (C=O) groups is 1. The van der Waals surface area contributed by atoms with E-state index in [0.717, 1.165) is 5.56 Å². The number of benzene rings is 2. The van der Waals surface area contributed by atoms with Crippen LogP contribution in [0.15, 0.2) is 47.4 Å². The number of sulfonamides is 1. The van der Waals surface area contributed by atoms with Gasteiger partial charge in [0.2, 0.25) is 15.9 Å². The molecule has 2 aromatic carbocycles. The van der Waals surface area contributed by atoms with E-state index in [1.807, 2.05) is 0 Å². The second kappa shape index (κ2) is 8.16. The van der Waals surface area contributed by atoms with Crippen LogP contribution < -0.4 is 5.32 Å². The Kier molecular flexibility index (Phi) is 5.88. The first-order chi connectivity index (χ1) is 12.9. The van der Waals surface area contributed by atoms with E-state index in [4.69, 9.17) is 4.74 Å². The van der Waals surface area contributed by atoms with Gasteiger partial charge in [-0.25, -0.2) is 12.8 Å². The number of ether oxygens (including phenoxy) is 1. The number of rotatable bonds is 5. The van der Waals surface area contributed by atoms with Crippen molar-refractivity contribution in [3.63, 3.8) is 0 Å². The standard InChI is InChI=1S/C19H21FN2O4S/c1-14-2-7-17(27(24,25)22-8-10-26-11-9-22)13-18(14)21-19(23)12-15-3-5-16(20)6-4-15/h2-7,13H,8-12H2,1H3,(H,21,23). The SMILES string of the molecule is Cc1ccc(S(=O)(=O)N2CCOCC2)cc1NC(=O)Cc1ccc(F)cc1. The van der Waals surface area contributed by atoms with Crippen LogP contribution in [-0.2, 0) is 26.0 Å². The Labute approximate surface area is 158 Å². The van der Waals surface area contributed by atoms with Crippen molar-refractivity contribution < 1.29 is 22.3 Å². The van der Waals surface area contributed by atoms with E-state index in [1.54, 1.807) is 25.1 Å². The number of anilines is 1. The first kappa shape index (κ1) is 19.5. The van der Waals surface area contributed by atoms with E-state index in [0.29, 0.717) is 37.6 Å². The quantitative estimate of drug-likeness (QED) is 0.848. The van der Waals surface area contributed by atoms with Gasteiger partial charge in [-0.15, -0.1) is 0 Å². The lowest BCUT2D eigenvalue weighted by molar-refractivity contribution is -0.115. The first-order valence-electron chi connectivity index (χ1n) is 8.59. The predicted molar refractivity (Wildman–Crippen MR) is 99.5 cm³/mol. The van der Waals surface area contributed by atoms with Crippen LogP contribution in [0, 0.1) is 12.7 Å². The molecule has 1 aliphatic rings. The molecule has 6 nitrogen and oxygen atoms in total. The molecule has 0 aromatic heterocycles. The zero-order valence-electron chi connectivity index (χ0n) is 14.9. The average Bonchev–Trinajstić information content (AvgIpc) is 2.66. The lowest BCUT2D eigenvalue weighted by Gasteiger charge is -2.26. The third kappa shape index (κ3) is 4.71. The van der Waals surface area contributed by atoms with Crippen molar-refractivity contribution in [2.75, 3.05) is 31.6 Å². The zero-order chi connectivity index (χ0) is 19.4. The fourth-order valence-electron chi connectivity index (χ4n) is 2.81. The first-order valence-corrected chi connectivity index (χ1v) is 10.0. The summed E-state index contributed by atoms with van der Waals surface area (Å²) in [5, 5.41) is 2.75. The normalized spacial score (nSPS) is 15.5. The molecular weight excluding hydrogens is 371 g/mol. The van der Waals surface area contributed by atoms with Crippen molar-refractivity contribution >= 4 is 21.6 Å². The average molecular weight is 392 g/mol. The van der Waals surface area contributed by atoms with Gasteiger partial charge in [-0.2, -0.15) is 4.31 Å². The number of aryl methyl sites for hydroxylation is 1. The predicted octanol–water partition coefficient (Wildman–Crippen LogP) is 2.34. The number of amides is 1. The molecule has 2 aromatic rings. The topological polar surface area (TPSA) is 75.7 Å². The number of nitrogens with one attached hydrogen (secondary N) is 1.